The second kappa shape index (κ2) is 9.40. The maximum atomic E-state index is 13.2. The van der Waals surface area contributed by atoms with Gasteiger partial charge < -0.3 is 15.0 Å². The summed E-state index contributed by atoms with van der Waals surface area (Å²) in [5.74, 6) is -0.0628. The normalized spacial score (nSPS) is 11.9. The van der Waals surface area contributed by atoms with Crippen LogP contribution in [0.15, 0.2) is 79.5 Å². The molecule has 0 aliphatic carbocycles. The highest BCUT2D eigenvalue weighted by Crippen LogP contribution is 2.27. The van der Waals surface area contributed by atoms with Crippen molar-refractivity contribution in [3.63, 3.8) is 0 Å². The van der Waals surface area contributed by atoms with Crippen LogP contribution in [0.25, 0.3) is 16.2 Å². The molecule has 0 aliphatic heterocycles. The molecule has 5 aromatic rings. The maximum Gasteiger partial charge on any atom is 0.255 e. The number of imidazole rings is 1. The molecule has 0 spiro atoms. The first kappa shape index (κ1) is 21.7. The number of halogens is 1. The zero-order valence-electron chi connectivity index (χ0n) is 18.3. The Hall–Kier alpha value is -4.11. The van der Waals surface area contributed by atoms with Crippen molar-refractivity contribution in [2.24, 2.45) is 0 Å². The van der Waals surface area contributed by atoms with Crippen LogP contribution in [0.3, 0.4) is 0 Å². The molecule has 0 fully saturated rings. The Morgan fingerprint density at radius 1 is 1.09 bits per heavy atom. The Morgan fingerprint density at radius 3 is 2.79 bits per heavy atom. The standard InChI is InChI=1S/C25H21FN6OS/c1-16(17-4-6-18(26)7-5-17)31-25(33)20-3-2-10-28-24(20)30-13-19-8-9-22(34-19)21-15-32-12-11-27-23(32)14-29-21/h2-12,14-16H,13H2,1H3,(H,28,30)(H,31,33)/t16-/m0/s1. The molecule has 0 radical (unpaired) electrons. The highest BCUT2D eigenvalue weighted by atomic mass is 32.1. The second-order valence-corrected chi connectivity index (χ2v) is 8.90. The number of nitrogens with one attached hydrogen (secondary N) is 2. The van der Waals surface area contributed by atoms with Crippen molar-refractivity contribution in [1.29, 1.82) is 0 Å². The van der Waals surface area contributed by atoms with Gasteiger partial charge in [-0.05, 0) is 48.9 Å². The lowest BCUT2D eigenvalue weighted by Crippen LogP contribution is -2.27. The number of benzene rings is 1. The Labute approximate surface area is 199 Å². The fourth-order valence-electron chi connectivity index (χ4n) is 3.57. The van der Waals surface area contributed by atoms with Crippen molar-refractivity contribution in [2.45, 2.75) is 19.5 Å². The van der Waals surface area contributed by atoms with E-state index in [0.717, 1.165) is 26.7 Å². The predicted molar refractivity (Wildman–Crippen MR) is 130 cm³/mol. The molecular formula is C25H21FN6OS. The summed E-state index contributed by atoms with van der Waals surface area (Å²) in [5.41, 5.74) is 2.94. The minimum absolute atomic E-state index is 0.253. The SMILES string of the molecule is C[C@H](NC(=O)c1cccnc1NCc1ccc(-c2cn3ccnc3cn2)s1)c1ccc(F)cc1. The minimum Gasteiger partial charge on any atom is -0.365 e. The molecule has 1 atom stereocenters. The molecule has 5 rings (SSSR count). The van der Waals surface area contributed by atoms with E-state index in [1.807, 2.05) is 35.9 Å². The molecule has 1 aromatic carbocycles. The third kappa shape index (κ3) is 4.65. The summed E-state index contributed by atoms with van der Waals surface area (Å²) in [6.45, 7) is 2.37. The average molecular weight is 473 g/mol. The summed E-state index contributed by atoms with van der Waals surface area (Å²) in [5, 5.41) is 6.23. The van der Waals surface area contributed by atoms with Crippen molar-refractivity contribution < 1.29 is 9.18 Å². The molecule has 170 valence electrons. The maximum absolute atomic E-state index is 13.2. The summed E-state index contributed by atoms with van der Waals surface area (Å²) < 4.78 is 15.1. The summed E-state index contributed by atoms with van der Waals surface area (Å²) in [7, 11) is 0. The Balaban J connectivity index is 1.27. The van der Waals surface area contributed by atoms with Crippen LogP contribution in [0.2, 0.25) is 0 Å². The number of pyridine rings is 1. The van der Waals surface area contributed by atoms with Gasteiger partial charge in [-0.25, -0.2) is 19.3 Å². The topological polar surface area (TPSA) is 84.2 Å². The lowest BCUT2D eigenvalue weighted by atomic mass is 10.1. The van der Waals surface area contributed by atoms with Crippen LogP contribution in [-0.2, 0) is 6.54 Å². The molecular weight excluding hydrogens is 451 g/mol. The molecule has 0 saturated heterocycles. The van der Waals surface area contributed by atoms with Gasteiger partial charge in [0, 0.05) is 29.7 Å². The van der Waals surface area contributed by atoms with Gasteiger partial charge in [0.25, 0.3) is 5.91 Å². The van der Waals surface area contributed by atoms with Crippen LogP contribution < -0.4 is 10.6 Å². The Bertz CT molecular complexity index is 1450. The monoisotopic (exact) mass is 472 g/mol. The molecule has 0 unspecified atom stereocenters. The van der Waals surface area contributed by atoms with Crippen LogP contribution in [0.1, 0.15) is 33.8 Å². The quantitative estimate of drug-likeness (QED) is 0.345. The van der Waals surface area contributed by atoms with Crippen LogP contribution in [0.4, 0.5) is 10.2 Å². The number of anilines is 1. The van der Waals surface area contributed by atoms with Gasteiger partial charge in [-0.3, -0.25) is 4.79 Å². The van der Waals surface area contributed by atoms with E-state index in [9.17, 15) is 9.18 Å². The largest absolute Gasteiger partial charge is 0.365 e. The lowest BCUT2D eigenvalue weighted by Gasteiger charge is -2.16. The van der Waals surface area contributed by atoms with E-state index >= 15 is 0 Å². The predicted octanol–water partition coefficient (Wildman–Crippen LogP) is 5.10. The highest BCUT2D eigenvalue weighted by molar-refractivity contribution is 7.15. The summed E-state index contributed by atoms with van der Waals surface area (Å²) in [4.78, 5) is 28.1. The number of hydrogen-bond donors (Lipinski definition) is 2. The number of hydrogen-bond acceptors (Lipinski definition) is 6. The van der Waals surface area contributed by atoms with Gasteiger partial charge in [0.15, 0.2) is 5.65 Å². The summed E-state index contributed by atoms with van der Waals surface area (Å²) >= 11 is 1.62. The number of fused-ring (bicyclic) bond motifs is 1. The zero-order valence-corrected chi connectivity index (χ0v) is 19.1. The van der Waals surface area contributed by atoms with Gasteiger partial charge in [-0.1, -0.05) is 12.1 Å². The van der Waals surface area contributed by atoms with E-state index in [-0.39, 0.29) is 17.8 Å². The first-order valence-electron chi connectivity index (χ1n) is 10.7. The highest BCUT2D eigenvalue weighted by Gasteiger charge is 2.16. The van der Waals surface area contributed by atoms with Gasteiger partial charge in [0.1, 0.15) is 11.6 Å². The lowest BCUT2D eigenvalue weighted by molar-refractivity contribution is 0.0940. The average Bonchev–Trinajstić information content (AvgIpc) is 3.52. The first-order valence-corrected chi connectivity index (χ1v) is 11.5. The van der Waals surface area contributed by atoms with E-state index in [1.54, 1.807) is 54.2 Å². The molecule has 0 bridgehead atoms. The van der Waals surface area contributed by atoms with Crippen molar-refractivity contribution in [2.75, 3.05) is 5.32 Å². The smallest absolute Gasteiger partial charge is 0.255 e. The van der Waals surface area contributed by atoms with E-state index in [1.165, 1.54) is 12.1 Å². The van der Waals surface area contributed by atoms with E-state index in [4.69, 9.17) is 0 Å². The third-order valence-electron chi connectivity index (χ3n) is 5.39. The summed E-state index contributed by atoms with van der Waals surface area (Å²) in [6.07, 6.45) is 8.98. The molecule has 7 nitrogen and oxygen atoms in total. The van der Waals surface area contributed by atoms with Crippen molar-refractivity contribution in [3.05, 3.63) is 101 Å². The number of thiophene rings is 1. The molecule has 4 heterocycles. The van der Waals surface area contributed by atoms with Crippen LogP contribution in [-0.4, -0.2) is 25.3 Å². The molecule has 34 heavy (non-hydrogen) atoms. The van der Waals surface area contributed by atoms with Crippen molar-refractivity contribution in [1.82, 2.24) is 24.7 Å². The van der Waals surface area contributed by atoms with Crippen LogP contribution in [0.5, 0.6) is 0 Å². The van der Waals surface area contributed by atoms with Gasteiger partial charge in [0.05, 0.1) is 34.9 Å². The van der Waals surface area contributed by atoms with Gasteiger partial charge in [-0.2, -0.15) is 0 Å². The molecule has 9 heteroatoms. The Morgan fingerprint density at radius 2 is 1.94 bits per heavy atom. The first-order chi connectivity index (χ1) is 16.6. The minimum atomic E-state index is -0.309. The van der Waals surface area contributed by atoms with E-state index in [0.29, 0.717) is 17.9 Å². The molecule has 0 saturated carbocycles. The fraction of sp³-hybridized carbons (Fsp3) is 0.120. The fourth-order valence-corrected chi connectivity index (χ4v) is 4.48. The summed E-state index contributed by atoms with van der Waals surface area (Å²) in [6, 6.07) is 13.3. The molecule has 4 aromatic heterocycles. The van der Waals surface area contributed by atoms with Crippen molar-refractivity contribution >= 4 is 28.7 Å². The van der Waals surface area contributed by atoms with E-state index in [2.05, 4.69) is 25.6 Å². The van der Waals surface area contributed by atoms with Crippen LogP contribution >= 0.6 is 11.3 Å². The number of rotatable bonds is 7. The molecule has 2 N–H and O–H groups in total. The zero-order chi connectivity index (χ0) is 23.5. The number of amides is 1. The molecule has 0 aliphatic rings. The number of aromatic nitrogens is 4. The number of carbonyl (C=O) groups excluding carboxylic acids is 1. The van der Waals surface area contributed by atoms with Gasteiger partial charge in [0.2, 0.25) is 0 Å². The third-order valence-corrected chi connectivity index (χ3v) is 6.50. The van der Waals surface area contributed by atoms with Crippen molar-refractivity contribution in [3.8, 4) is 10.6 Å². The number of nitrogens with zero attached hydrogens (tertiary/aromatic N) is 4. The van der Waals surface area contributed by atoms with Gasteiger partial charge in [-0.15, -0.1) is 11.3 Å². The molecule has 1 amide bonds. The second-order valence-electron chi connectivity index (χ2n) is 7.73. The van der Waals surface area contributed by atoms with E-state index < -0.39 is 0 Å². The Kier molecular flexibility index (Phi) is 6.01. The number of carbonyl (C=O) groups is 1. The van der Waals surface area contributed by atoms with Gasteiger partial charge >= 0.3 is 0 Å². The van der Waals surface area contributed by atoms with Crippen LogP contribution in [0, 0.1) is 5.82 Å².